The fraction of sp³-hybridized carbons (Fsp3) is 0.586. The van der Waals surface area contributed by atoms with Crippen LogP contribution in [0.3, 0.4) is 0 Å². The Hall–Kier alpha value is -2.66. The first-order valence-electron chi connectivity index (χ1n) is 13.8. The van der Waals surface area contributed by atoms with Gasteiger partial charge in [0.15, 0.2) is 0 Å². The van der Waals surface area contributed by atoms with E-state index >= 15 is 0 Å². The number of rotatable bonds is 8. The molecule has 2 aromatic rings. The Kier molecular flexibility index (Phi) is 8.85. The third-order valence-electron chi connectivity index (χ3n) is 7.65. The van der Waals surface area contributed by atoms with E-state index in [-0.39, 0.29) is 23.1 Å². The quantitative estimate of drug-likeness (QED) is 0.399. The molecule has 1 atom stereocenters. The van der Waals surface area contributed by atoms with Gasteiger partial charge in [0, 0.05) is 42.5 Å². The fourth-order valence-electron chi connectivity index (χ4n) is 5.65. The van der Waals surface area contributed by atoms with E-state index in [1.807, 2.05) is 11.5 Å². The van der Waals surface area contributed by atoms with Crippen LogP contribution in [0.25, 0.3) is 11.3 Å². The molecule has 1 aromatic carbocycles. The van der Waals surface area contributed by atoms with Crippen LogP contribution in [0, 0.1) is 18.8 Å². The average molecular weight is 582 g/mol. The maximum absolute atomic E-state index is 14.2. The largest absolute Gasteiger partial charge is 0.481 e. The molecule has 1 saturated carbocycles. The number of aromatic nitrogens is 1. The van der Waals surface area contributed by atoms with Crippen molar-refractivity contribution in [3.63, 3.8) is 0 Å². The monoisotopic (exact) mass is 581 g/mol. The first-order valence-corrected chi connectivity index (χ1v) is 14.9. The molecule has 1 saturated heterocycles. The molecule has 0 radical (unpaired) electrons. The third kappa shape index (κ3) is 6.97. The van der Waals surface area contributed by atoms with Crippen LogP contribution in [0.15, 0.2) is 29.2 Å². The third-order valence-corrected chi connectivity index (χ3v) is 9.20. The number of hydrogen-bond acceptors (Lipinski definition) is 3. The molecule has 7 nitrogen and oxygen atoms in total. The van der Waals surface area contributed by atoms with E-state index < -0.39 is 34.2 Å². The van der Waals surface area contributed by atoms with Crippen molar-refractivity contribution >= 4 is 22.9 Å². The minimum atomic E-state index is -4.73. The minimum absolute atomic E-state index is 0.00524. The second-order valence-electron chi connectivity index (χ2n) is 12.1. The number of benzene rings is 1. The zero-order valence-electron chi connectivity index (χ0n) is 23.4. The normalized spacial score (nSPS) is 18.0. The highest BCUT2D eigenvalue weighted by atomic mass is 32.2. The highest BCUT2D eigenvalue weighted by Crippen LogP contribution is 2.38. The van der Waals surface area contributed by atoms with Gasteiger partial charge in [0.05, 0.1) is 22.4 Å². The van der Waals surface area contributed by atoms with E-state index in [1.54, 1.807) is 37.8 Å². The molecule has 11 heteroatoms. The summed E-state index contributed by atoms with van der Waals surface area (Å²) in [4.78, 5) is 25.7. The van der Waals surface area contributed by atoms with Crippen LogP contribution in [-0.2, 0) is 28.5 Å². The summed E-state index contributed by atoms with van der Waals surface area (Å²) in [6.07, 6.45) is 0.677. The molecular formula is C29H38F3N3O4S. The fourth-order valence-corrected chi connectivity index (χ4v) is 6.88. The van der Waals surface area contributed by atoms with E-state index in [9.17, 15) is 27.0 Å². The molecule has 2 fully saturated rings. The Balaban J connectivity index is 1.74. The first-order chi connectivity index (χ1) is 18.6. The van der Waals surface area contributed by atoms with Crippen molar-refractivity contribution in [2.45, 2.75) is 89.4 Å². The molecule has 2 heterocycles. The molecule has 220 valence electrons. The number of carbonyl (C=O) groups is 2. The van der Waals surface area contributed by atoms with Crippen molar-refractivity contribution in [3.8, 4) is 11.3 Å². The minimum Gasteiger partial charge on any atom is -0.481 e. The van der Waals surface area contributed by atoms with Gasteiger partial charge in [-0.05, 0) is 70.2 Å². The Bertz CT molecular complexity index is 1290. The van der Waals surface area contributed by atoms with Crippen LogP contribution in [0.1, 0.15) is 80.9 Å². The number of carboxylic acid groups (broad SMARTS) is 1. The summed E-state index contributed by atoms with van der Waals surface area (Å²) in [5.74, 6) is -0.895. The maximum atomic E-state index is 14.2. The Morgan fingerprint density at radius 2 is 1.70 bits per heavy atom. The SMILES string of the molecule is Cc1c(C(=O)N2CC(CC(=O)O)C2)cc(-c2ccc(S(=O)NC(C)(C)C)c(C(F)(F)F)c2)n1CC1CCCCC1. The predicted molar refractivity (Wildman–Crippen MR) is 147 cm³/mol. The summed E-state index contributed by atoms with van der Waals surface area (Å²) in [5, 5.41) is 9.04. The Morgan fingerprint density at radius 1 is 1.05 bits per heavy atom. The van der Waals surface area contributed by atoms with Crippen molar-refractivity contribution in [1.82, 2.24) is 14.2 Å². The molecular weight excluding hydrogens is 543 g/mol. The van der Waals surface area contributed by atoms with Gasteiger partial charge in [-0.2, -0.15) is 13.2 Å². The Morgan fingerprint density at radius 3 is 2.27 bits per heavy atom. The van der Waals surface area contributed by atoms with Gasteiger partial charge in [-0.25, -0.2) is 8.93 Å². The summed E-state index contributed by atoms with van der Waals surface area (Å²) in [6, 6.07) is 5.49. The van der Waals surface area contributed by atoms with Crippen LogP contribution >= 0.6 is 0 Å². The van der Waals surface area contributed by atoms with E-state index in [0.29, 0.717) is 48.1 Å². The van der Waals surface area contributed by atoms with Crippen LogP contribution in [0.4, 0.5) is 13.2 Å². The lowest BCUT2D eigenvalue weighted by molar-refractivity contribution is -0.140. The van der Waals surface area contributed by atoms with Crippen LogP contribution in [0.5, 0.6) is 0 Å². The molecule has 0 bridgehead atoms. The number of nitrogens with zero attached hydrogens (tertiary/aromatic N) is 2. The van der Waals surface area contributed by atoms with Gasteiger partial charge in [-0.3, -0.25) is 9.59 Å². The summed E-state index contributed by atoms with van der Waals surface area (Å²) >= 11 is 0. The number of carboxylic acids is 1. The summed E-state index contributed by atoms with van der Waals surface area (Å²) in [5.41, 5.74) is 0.275. The molecule has 0 spiro atoms. The van der Waals surface area contributed by atoms with Crippen molar-refractivity contribution < 1.29 is 32.1 Å². The molecule has 1 aliphatic heterocycles. The van der Waals surface area contributed by atoms with Gasteiger partial charge in [-0.15, -0.1) is 0 Å². The number of nitrogens with one attached hydrogen (secondary N) is 1. The smallest absolute Gasteiger partial charge is 0.417 e. The number of halogens is 3. The predicted octanol–water partition coefficient (Wildman–Crippen LogP) is 6.02. The van der Waals surface area contributed by atoms with Crippen LogP contribution in [-0.4, -0.2) is 49.3 Å². The zero-order valence-corrected chi connectivity index (χ0v) is 24.3. The second-order valence-corrected chi connectivity index (χ2v) is 13.3. The lowest BCUT2D eigenvalue weighted by atomic mass is 9.89. The van der Waals surface area contributed by atoms with E-state index in [0.717, 1.165) is 31.7 Å². The molecule has 2 aliphatic rings. The molecule has 4 rings (SSSR count). The second kappa shape index (κ2) is 11.7. The van der Waals surface area contributed by atoms with Crippen molar-refractivity contribution in [3.05, 3.63) is 41.1 Å². The average Bonchev–Trinajstić information content (AvgIpc) is 3.15. The van der Waals surface area contributed by atoms with E-state index in [2.05, 4.69) is 4.72 Å². The lowest BCUT2D eigenvalue weighted by Crippen LogP contribution is -2.50. The zero-order chi connectivity index (χ0) is 29.4. The first kappa shape index (κ1) is 30.3. The molecule has 2 N–H and O–H groups in total. The summed E-state index contributed by atoms with van der Waals surface area (Å²) < 4.78 is 60.3. The van der Waals surface area contributed by atoms with Gasteiger partial charge in [0.1, 0.15) is 11.0 Å². The van der Waals surface area contributed by atoms with E-state index in [4.69, 9.17) is 5.11 Å². The summed E-state index contributed by atoms with van der Waals surface area (Å²) in [7, 11) is -2.08. The van der Waals surface area contributed by atoms with Gasteiger partial charge < -0.3 is 14.6 Å². The topological polar surface area (TPSA) is 91.6 Å². The number of hydrogen-bond donors (Lipinski definition) is 2. The van der Waals surface area contributed by atoms with Crippen LogP contribution in [0.2, 0.25) is 0 Å². The lowest BCUT2D eigenvalue weighted by Gasteiger charge is -2.38. The molecule has 1 aromatic heterocycles. The number of alkyl halides is 3. The standard InChI is InChI=1S/C29H38F3N3O4S/c1-18-22(27(38)34-15-20(16-34)12-26(36)37)14-24(35(18)17-19-8-6-5-7-9-19)21-10-11-25(23(13-21)29(30,31)32)40(39)33-28(2,3)4/h10-11,13-14,19-20,33H,5-9,12,15-17H2,1-4H3,(H,36,37). The summed E-state index contributed by atoms with van der Waals surface area (Å²) in [6.45, 7) is 8.28. The maximum Gasteiger partial charge on any atom is 0.417 e. The molecule has 1 unspecified atom stereocenters. The van der Waals surface area contributed by atoms with Gasteiger partial charge in [-0.1, -0.05) is 25.3 Å². The number of aliphatic carboxylic acids is 1. The molecule has 1 aliphatic carbocycles. The van der Waals surface area contributed by atoms with Crippen molar-refractivity contribution in [2.75, 3.05) is 13.1 Å². The van der Waals surface area contributed by atoms with Gasteiger partial charge in [0.25, 0.3) is 5.91 Å². The number of likely N-dealkylation sites (tertiary alicyclic amines) is 1. The van der Waals surface area contributed by atoms with Crippen molar-refractivity contribution in [2.24, 2.45) is 11.8 Å². The highest BCUT2D eigenvalue weighted by molar-refractivity contribution is 7.83. The number of carbonyl (C=O) groups excluding carboxylic acids is 1. The van der Waals surface area contributed by atoms with E-state index in [1.165, 1.54) is 12.5 Å². The van der Waals surface area contributed by atoms with Gasteiger partial charge in [0.2, 0.25) is 0 Å². The van der Waals surface area contributed by atoms with Crippen molar-refractivity contribution in [1.29, 1.82) is 0 Å². The van der Waals surface area contributed by atoms with Gasteiger partial charge >= 0.3 is 12.1 Å². The highest BCUT2D eigenvalue weighted by Gasteiger charge is 2.37. The number of amides is 1. The Labute approximate surface area is 235 Å². The molecule has 40 heavy (non-hydrogen) atoms. The molecule has 1 amide bonds. The van der Waals surface area contributed by atoms with Crippen LogP contribution < -0.4 is 4.72 Å².